The molecule has 2 rings (SSSR count). The van der Waals surface area contributed by atoms with E-state index < -0.39 is 4.92 Å². The van der Waals surface area contributed by atoms with Crippen LogP contribution >= 0.6 is 0 Å². The van der Waals surface area contributed by atoms with Crippen molar-refractivity contribution < 1.29 is 14.8 Å². The van der Waals surface area contributed by atoms with E-state index >= 15 is 0 Å². The highest BCUT2D eigenvalue weighted by molar-refractivity contribution is 5.78. The Morgan fingerprint density at radius 2 is 2.14 bits per heavy atom. The molecule has 0 bridgehead atoms. The molecule has 0 unspecified atom stereocenters. The van der Waals surface area contributed by atoms with Crippen molar-refractivity contribution in [3.63, 3.8) is 0 Å². The Labute approximate surface area is 122 Å². The maximum absolute atomic E-state index is 11.6. The Hall–Kier alpha value is -2.15. The molecule has 1 saturated heterocycles. The zero-order valence-corrected chi connectivity index (χ0v) is 11.9. The fourth-order valence-corrected chi connectivity index (χ4v) is 2.71. The van der Waals surface area contributed by atoms with E-state index in [9.17, 15) is 20.0 Å². The maximum atomic E-state index is 11.6. The average Bonchev–Trinajstić information content (AvgIpc) is 2.53. The van der Waals surface area contributed by atoms with Crippen LogP contribution in [0.2, 0.25) is 0 Å². The van der Waals surface area contributed by atoms with Gasteiger partial charge < -0.3 is 15.3 Å². The highest BCUT2D eigenvalue weighted by atomic mass is 16.6. The summed E-state index contributed by atoms with van der Waals surface area (Å²) in [6.45, 7) is 1.15. The number of nitro benzene ring substituents is 1. The van der Waals surface area contributed by atoms with Crippen LogP contribution < -0.4 is 10.2 Å². The van der Waals surface area contributed by atoms with E-state index in [4.69, 9.17) is 0 Å². The number of carbonyl (C=O) groups is 1. The summed E-state index contributed by atoms with van der Waals surface area (Å²) in [7, 11) is 1.63. The van der Waals surface area contributed by atoms with E-state index in [0.717, 1.165) is 18.5 Å². The number of piperidine rings is 1. The molecule has 0 spiro atoms. The number of amides is 1. The van der Waals surface area contributed by atoms with Crippen LogP contribution in [0.15, 0.2) is 18.2 Å². The molecule has 1 amide bonds. The van der Waals surface area contributed by atoms with Crippen molar-refractivity contribution in [1.29, 1.82) is 0 Å². The van der Waals surface area contributed by atoms with Gasteiger partial charge in [0.2, 0.25) is 5.91 Å². The van der Waals surface area contributed by atoms with Crippen LogP contribution in [0, 0.1) is 16.0 Å². The van der Waals surface area contributed by atoms with Gasteiger partial charge in [0.15, 0.2) is 0 Å². The predicted molar refractivity (Wildman–Crippen MR) is 78.0 cm³/mol. The van der Waals surface area contributed by atoms with Crippen molar-refractivity contribution in [3.05, 3.63) is 33.9 Å². The molecule has 7 heteroatoms. The molecule has 0 saturated carbocycles. The van der Waals surface area contributed by atoms with E-state index in [1.807, 2.05) is 0 Å². The third kappa shape index (κ3) is 3.30. The lowest BCUT2D eigenvalue weighted by atomic mass is 9.95. The molecule has 0 aliphatic carbocycles. The second-order valence-corrected chi connectivity index (χ2v) is 5.10. The predicted octanol–water partition coefficient (Wildman–Crippen LogP) is 1.05. The van der Waals surface area contributed by atoms with Crippen molar-refractivity contribution in [2.45, 2.75) is 19.4 Å². The minimum Gasteiger partial charge on any atom is -0.392 e. The monoisotopic (exact) mass is 293 g/mol. The van der Waals surface area contributed by atoms with Gasteiger partial charge in [-0.1, -0.05) is 0 Å². The third-order valence-corrected chi connectivity index (χ3v) is 3.90. The number of non-ortho nitro benzene ring substituents is 1. The number of hydrogen-bond donors (Lipinski definition) is 2. The van der Waals surface area contributed by atoms with Crippen LogP contribution in [-0.4, -0.2) is 36.1 Å². The number of hydrogen-bond acceptors (Lipinski definition) is 5. The van der Waals surface area contributed by atoms with E-state index in [2.05, 4.69) is 10.2 Å². The Balaban J connectivity index is 2.13. The smallest absolute Gasteiger partial charge is 0.269 e. The van der Waals surface area contributed by atoms with Gasteiger partial charge in [-0.2, -0.15) is 0 Å². The van der Waals surface area contributed by atoms with Gasteiger partial charge >= 0.3 is 0 Å². The quantitative estimate of drug-likeness (QED) is 0.639. The molecule has 21 heavy (non-hydrogen) atoms. The van der Waals surface area contributed by atoms with Crippen molar-refractivity contribution >= 4 is 17.3 Å². The summed E-state index contributed by atoms with van der Waals surface area (Å²) in [5.74, 6) is 0.0719. The highest BCUT2D eigenvalue weighted by Gasteiger charge is 2.25. The van der Waals surface area contributed by atoms with Crippen molar-refractivity contribution in [3.8, 4) is 0 Å². The standard InChI is InChI=1S/C14H19N3O4/c1-15-14(19)10-4-6-16(7-5-10)13-3-2-12(17(20)21)8-11(13)9-18/h2-3,8,10,18H,4-7,9H2,1H3,(H,15,19). The first-order valence-electron chi connectivity index (χ1n) is 6.91. The van der Waals surface area contributed by atoms with Gasteiger partial charge in [0.05, 0.1) is 11.5 Å². The molecule has 0 aromatic heterocycles. The number of rotatable bonds is 4. The Bertz CT molecular complexity index is 539. The van der Waals surface area contributed by atoms with Crippen LogP contribution in [0.5, 0.6) is 0 Å². The first kappa shape index (κ1) is 15.2. The molecule has 114 valence electrons. The summed E-state index contributed by atoms with van der Waals surface area (Å²) in [4.78, 5) is 24.0. The fourth-order valence-electron chi connectivity index (χ4n) is 2.71. The summed E-state index contributed by atoms with van der Waals surface area (Å²) in [5.41, 5.74) is 1.32. The van der Waals surface area contributed by atoms with Gasteiger partial charge in [0, 0.05) is 49.4 Å². The Kier molecular flexibility index (Phi) is 4.74. The second kappa shape index (κ2) is 6.53. The van der Waals surface area contributed by atoms with Gasteiger partial charge in [-0.05, 0) is 18.9 Å². The molecule has 0 atom stereocenters. The lowest BCUT2D eigenvalue weighted by Crippen LogP contribution is -2.39. The van der Waals surface area contributed by atoms with E-state index in [1.54, 1.807) is 13.1 Å². The van der Waals surface area contributed by atoms with Crippen LogP contribution in [0.1, 0.15) is 18.4 Å². The number of nitrogens with zero attached hydrogens (tertiary/aromatic N) is 2. The number of anilines is 1. The number of nitrogens with one attached hydrogen (secondary N) is 1. The van der Waals surface area contributed by atoms with Gasteiger partial charge in [0.1, 0.15) is 0 Å². The number of aliphatic hydroxyl groups excluding tert-OH is 1. The van der Waals surface area contributed by atoms with Crippen molar-refractivity contribution in [2.24, 2.45) is 5.92 Å². The molecule has 1 aromatic carbocycles. The first-order valence-corrected chi connectivity index (χ1v) is 6.91. The zero-order chi connectivity index (χ0) is 15.4. The maximum Gasteiger partial charge on any atom is 0.269 e. The topological polar surface area (TPSA) is 95.7 Å². The van der Waals surface area contributed by atoms with E-state index in [-0.39, 0.29) is 24.1 Å². The van der Waals surface area contributed by atoms with Gasteiger partial charge in [0.25, 0.3) is 5.69 Å². The SMILES string of the molecule is CNC(=O)C1CCN(c2ccc([N+](=O)[O-])cc2CO)CC1. The lowest BCUT2D eigenvalue weighted by Gasteiger charge is -2.33. The Morgan fingerprint density at radius 3 is 2.67 bits per heavy atom. The first-order chi connectivity index (χ1) is 10.1. The van der Waals surface area contributed by atoms with Gasteiger partial charge in [-0.25, -0.2) is 0 Å². The van der Waals surface area contributed by atoms with E-state index in [1.165, 1.54) is 12.1 Å². The highest BCUT2D eigenvalue weighted by Crippen LogP contribution is 2.29. The van der Waals surface area contributed by atoms with Gasteiger partial charge in [-0.15, -0.1) is 0 Å². The molecule has 0 radical (unpaired) electrons. The molecule has 1 heterocycles. The lowest BCUT2D eigenvalue weighted by molar-refractivity contribution is -0.384. The molecule has 2 N–H and O–H groups in total. The molecule has 1 aliphatic rings. The summed E-state index contributed by atoms with van der Waals surface area (Å²) >= 11 is 0. The molecule has 1 aliphatic heterocycles. The number of carbonyl (C=O) groups excluding carboxylic acids is 1. The van der Waals surface area contributed by atoms with Crippen LogP contribution in [0.4, 0.5) is 11.4 Å². The molecule has 1 aromatic rings. The minimum absolute atomic E-state index is 0.0156. The van der Waals surface area contributed by atoms with Gasteiger partial charge in [-0.3, -0.25) is 14.9 Å². The summed E-state index contributed by atoms with van der Waals surface area (Å²) in [6, 6.07) is 4.52. The van der Waals surface area contributed by atoms with Crippen LogP contribution in [0.25, 0.3) is 0 Å². The number of benzene rings is 1. The summed E-state index contributed by atoms with van der Waals surface area (Å²) < 4.78 is 0. The molecule has 1 fully saturated rings. The van der Waals surface area contributed by atoms with Crippen LogP contribution in [-0.2, 0) is 11.4 Å². The number of nitro groups is 1. The molecule has 7 nitrogen and oxygen atoms in total. The average molecular weight is 293 g/mol. The molecular weight excluding hydrogens is 274 g/mol. The zero-order valence-electron chi connectivity index (χ0n) is 11.9. The minimum atomic E-state index is -0.471. The normalized spacial score (nSPS) is 15.8. The summed E-state index contributed by atoms with van der Waals surface area (Å²) in [5, 5.41) is 22.9. The largest absolute Gasteiger partial charge is 0.392 e. The second-order valence-electron chi connectivity index (χ2n) is 5.10. The molecular formula is C14H19N3O4. The third-order valence-electron chi connectivity index (χ3n) is 3.90. The van der Waals surface area contributed by atoms with Crippen molar-refractivity contribution in [2.75, 3.05) is 25.0 Å². The summed E-state index contributed by atoms with van der Waals surface area (Å²) in [6.07, 6.45) is 1.48. The fraction of sp³-hybridized carbons (Fsp3) is 0.500. The van der Waals surface area contributed by atoms with Crippen LogP contribution in [0.3, 0.4) is 0 Å². The van der Waals surface area contributed by atoms with Crippen molar-refractivity contribution in [1.82, 2.24) is 5.32 Å². The van der Waals surface area contributed by atoms with E-state index in [0.29, 0.717) is 18.7 Å². The number of aliphatic hydroxyl groups is 1. The Morgan fingerprint density at radius 1 is 1.48 bits per heavy atom.